The first-order chi connectivity index (χ1) is 13.5. The van der Waals surface area contributed by atoms with Gasteiger partial charge in [0.25, 0.3) is 0 Å². The molecule has 3 rings (SSSR count). The summed E-state index contributed by atoms with van der Waals surface area (Å²) >= 11 is 6.01. The van der Waals surface area contributed by atoms with Crippen molar-refractivity contribution in [3.8, 4) is 11.8 Å². The number of rotatable bonds is 8. The van der Waals surface area contributed by atoms with Gasteiger partial charge in [-0.15, -0.1) is 0 Å². The van der Waals surface area contributed by atoms with Crippen molar-refractivity contribution in [2.45, 2.75) is 32.4 Å². The maximum absolute atomic E-state index is 12.7. The zero-order valence-electron chi connectivity index (χ0n) is 16.1. The predicted octanol–water partition coefficient (Wildman–Crippen LogP) is 4.46. The maximum Gasteiger partial charge on any atom is 0.238 e. The summed E-state index contributed by atoms with van der Waals surface area (Å²) in [5, 5.41) is 12.6. The van der Waals surface area contributed by atoms with E-state index in [-0.39, 0.29) is 12.5 Å². The Bertz CT molecular complexity index is 872. The molecule has 6 heteroatoms. The lowest BCUT2D eigenvalue weighted by Gasteiger charge is -2.29. The van der Waals surface area contributed by atoms with E-state index in [1.165, 1.54) is 12.8 Å². The second-order valence-corrected chi connectivity index (χ2v) is 7.62. The lowest BCUT2D eigenvalue weighted by Crippen LogP contribution is -2.40. The molecule has 0 spiro atoms. The Hall–Kier alpha value is -2.55. The average molecular weight is 398 g/mol. The van der Waals surface area contributed by atoms with Crippen molar-refractivity contribution in [2.75, 3.05) is 19.0 Å². The summed E-state index contributed by atoms with van der Waals surface area (Å²) < 4.78 is 5.22. The van der Waals surface area contributed by atoms with Crippen LogP contribution in [-0.2, 0) is 11.3 Å². The minimum Gasteiger partial charge on any atom is -0.497 e. The van der Waals surface area contributed by atoms with Crippen LogP contribution < -0.4 is 10.1 Å². The summed E-state index contributed by atoms with van der Waals surface area (Å²) in [7, 11) is 1.64. The molecule has 1 amide bonds. The van der Waals surface area contributed by atoms with E-state index in [9.17, 15) is 10.1 Å². The lowest BCUT2D eigenvalue weighted by atomic mass is 10.1. The van der Waals surface area contributed by atoms with Crippen molar-refractivity contribution in [1.29, 1.82) is 5.26 Å². The van der Waals surface area contributed by atoms with E-state index in [0.29, 0.717) is 34.8 Å². The minimum absolute atomic E-state index is 0.153. The van der Waals surface area contributed by atoms with Gasteiger partial charge in [-0.25, -0.2) is 0 Å². The van der Waals surface area contributed by atoms with Gasteiger partial charge in [-0.05, 0) is 61.6 Å². The Morgan fingerprint density at radius 1 is 1.32 bits per heavy atom. The van der Waals surface area contributed by atoms with E-state index in [1.54, 1.807) is 25.3 Å². The van der Waals surface area contributed by atoms with Gasteiger partial charge in [0.05, 0.1) is 24.9 Å². The van der Waals surface area contributed by atoms with Crippen molar-refractivity contribution in [1.82, 2.24) is 4.90 Å². The van der Waals surface area contributed by atoms with Crippen LogP contribution in [0.15, 0.2) is 42.5 Å². The fourth-order valence-corrected chi connectivity index (χ4v) is 3.45. The number of nitrogens with one attached hydrogen (secondary N) is 1. The molecule has 0 aromatic heterocycles. The number of carbonyl (C=O) groups is 1. The van der Waals surface area contributed by atoms with E-state index in [2.05, 4.69) is 23.2 Å². The molecule has 146 valence electrons. The number of methoxy groups -OCH3 is 1. The van der Waals surface area contributed by atoms with E-state index in [4.69, 9.17) is 16.3 Å². The lowest BCUT2D eigenvalue weighted by molar-refractivity contribution is -0.118. The highest BCUT2D eigenvalue weighted by atomic mass is 35.5. The van der Waals surface area contributed by atoms with Crippen LogP contribution in [0.4, 0.5) is 5.69 Å². The first kappa shape index (κ1) is 20.2. The van der Waals surface area contributed by atoms with Crippen molar-refractivity contribution < 1.29 is 9.53 Å². The molecule has 5 nitrogen and oxygen atoms in total. The summed E-state index contributed by atoms with van der Waals surface area (Å²) in [6.45, 7) is 3.10. The van der Waals surface area contributed by atoms with Gasteiger partial charge >= 0.3 is 0 Å². The van der Waals surface area contributed by atoms with E-state index in [1.807, 2.05) is 24.3 Å². The Morgan fingerprint density at radius 3 is 2.64 bits per heavy atom. The third-order valence-corrected chi connectivity index (χ3v) is 5.38. The van der Waals surface area contributed by atoms with Crippen LogP contribution in [0, 0.1) is 17.2 Å². The van der Waals surface area contributed by atoms with Crippen LogP contribution >= 0.6 is 11.6 Å². The van der Waals surface area contributed by atoms with Gasteiger partial charge in [0.1, 0.15) is 11.8 Å². The first-order valence-electron chi connectivity index (χ1n) is 9.36. The molecule has 0 radical (unpaired) electrons. The number of carbonyl (C=O) groups excluding carboxylic acids is 1. The summed E-state index contributed by atoms with van der Waals surface area (Å²) in [4.78, 5) is 14.9. The smallest absolute Gasteiger partial charge is 0.238 e. The quantitative estimate of drug-likeness (QED) is 0.714. The normalized spacial score (nSPS) is 14.4. The zero-order valence-corrected chi connectivity index (χ0v) is 16.9. The molecule has 1 atom stereocenters. The molecule has 28 heavy (non-hydrogen) atoms. The summed E-state index contributed by atoms with van der Waals surface area (Å²) in [5.41, 5.74) is 1.97. The largest absolute Gasteiger partial charge is 0.497 e. The number of hydrogen-bond acceptors (Lipinski definition) is 4. The van der Waals surface area contributed by atoms with E-state index < -0.39 is 0 Å². The van der Waals surface area contributed by atoms with Gasteiger partial charge in [0.15, 0.2) is 0 Å². The van der Waals surface area contributed by atoms with E-state index >= 15 is 0 Å². The van der Waals surface area contributed by atoms with Crippen molar-refractivity contribution in [3.05, 3.63) is 58.6 Å². The molecule has 0 saturated heterocycles. The number of benzene rings is 2. The highest BCUT2D eigenvalue weighted by molar-refractivity contribution is 6.31. The Morgan fingerprint density at radius 2 is 2.04 bits per heavy atom. The highest BCUT2D eigenvalue weighted by Gasteiger charge is 2.32. The van der Waals surface area contributed by atoms with E-state index in [0.717, 1.165) is 11.3 Å². The van der Waals surface area contributed by atoms with Crippen molar-refractivity contribution in [3.63, 3.8) is 0 Å². The average Bonchev–Trinajstić information content (AvgIpc) is 3.53. The van der Waals surface area contributed by atoms with Crippen LogP contribution in [0.25, 0.3) is 0 Å². The summed E-state index contributed by atoms with van der Waals surface area (Å²) in [6.07, 6.45) is 2.41. The molecular formula is C22H24ClN3O2. The Balaban J connectivity index is 1.71. The van der Waals surface area contributed by atoms with Gasteiger partial charge in [0.2, 0.25) is 5.91 Å². The zero-order chi connectivity index (χ0) is 20.1. The molecule has 1 unspecified atom stereocenters. The molecule has 2 aromatic rings. The van der Waals surface area contributed by atoms with Crippen LogP contribution in [0.1, 0.15) is 30.9 Å². The molecule has 1 N–H and O–H groups in total. The molecule has 1 aliphatic carbocycles. The van der Waals surface area contributed by atoms with Gasteiger partial charge in [-0.2, -0.15) is 5.26 Å². The summed E-state index contributed by atoms with van der Waals surface area (Å²) in [6, 6.07) is 15.2. The van der Waals surface area contributed by atoms with Crippen LogP contribution in [0.2, 0.25) is 5.02 Å². The first-order valence-corrected chi connectivity index (χ1v) is 9.74. The number of nitrogens with zero attached hydrogens (tertiary/aromatic N) is 2. The van der Waals surface area contributed by atoms with Gasteiger partial charge in [0, 0.05) is 17.6 Å². The maximum atomic E-state index is 12.7. The fraction of sp³-hybridized carbons (Fsp3) is 0.364. The molecule has 1 aliphatic rings. The van der Waals surface area contributed by atoms with Crippen LogP contribution in [0.3, 0.4) is 0 Å². The molecule has 0 aliphatic heterocycles. The predicted molar refractivity (Wildman–Crippen MR) is 110 cm³/mol. The number of hydrogen-bond donors (Lipinski definition) is 1. The second-order valence-electron chi connectivity index (χ2n) is 7.18. The van der Waals surface area contributed by atoms with Crippen molar-refractivity contribution in [2.24, 2.45) is 5.92 Å². The van der Waals surface area contributed by atoms with Gasteiger partial charge in [-0.1, -0.05) is 23.7 Å². The van der Waals surface area contributed by atoms with Crippen molar-refractivity contribution >= 4 is 23.2 Å². The number of ether oxygens (including phenoxy) is 1. The summed E-state index contributed by atoms with van der Waals surface area (Å²) in [5.74, 6) is 1.29. The SMILES string of the molecule is COc1ccc(CN(CC(=O)Nc2cc(Cl)ccc2C#N)C(C)C2CC2)cc1. The Kier molecular flexibility index (Phi) is 6.56. The monoisotopic (exact) mass is 397 g/mol. The number of amides is 1. The fourth-order valence-electron chi connectivity index (χ4n) is 3.28. The molecule has 1 saturated carbocycles. The van der Waals surface area contributed by atoms with Gasteiger partial charge < -0.3 is 10.1 Å². The third kappa shape index (κ3) is 5.25. The molecule has 2 aromatic carbocycles. The van der Waals surface area contributed by atoms with Crippen LogP contribution in [0.5, 0.6) is 5.75 Å². The molecule has 1 fully saturated rings. The number of nitriles is 1. The standard InChI is InChI=1S/C22H24ClN3O2/c1-15(17-5-6-17)26(13-16-3-9-20(28-2)10-4-16)14-22(27)25-21-11-19(23)8-7-18(21)12-24/h3-4,7-11,15,17H,5-6,13-14H2,1-2H3,(H,25,27). The number of halogens is 1. The molecule has 0 heterocycles. The molecule has 0 bridgehead atoms. The highest BCUT2D eigenvalue weighted by Crippen LogP contribution is 2.35. The van der Waals surface area contributed by atoms with Gasteiger partial charge in [-0.3, -0.25) is 9.69 Å². The second kappa shape index (κ2) is 9.09. The Labute approximate surface area is 170 Å². The topological polar surface area (TPSA) is 65.4 Å². The minimum atomic E-state index is -0.153. The molecular weight excluding hydrogens is 374 g/mol. The third-order valence-electron chi connectivity index (χ3n) is 5.15. The number of anilines is 1. The van der Waals surface area contributed by atoms with Crippen LogP contribution in [-0.4, -0.2) is 30.5 Å².